The van der Waals surface area contributed by atoms with E-state index in [-0.39, 0.29) is 23.7 Å². The summed E-state index contributed by atoms with van der Waals surface area (Å²) in [6.07, 6.45) is 0. The maximum absolute atomic E-state index is 11.9. The standard InChI is InChI=1S/C14H14N2O5S/c17-16(18)13-8-6-12(7-9-13)15-22(19,20)11-10-21-14-4-2-1-3-5-14/h1-9,15H,10-11H2. The summed E-state index contributed by atoms with van der Waals surface area (Å²) in [6, 6.07) is 14.0. The van der Waals surface area contributed by atoms with E-state index in [2.05, 4.69) is 4.72 Å². The molecule has 0 aliphatic carbocycles. The van der Waals surface area contributed by atoms with E-state index in [1.165, 1.54) is 24.3 Å². The Morgan fingerprint density at radius 1 is 1.05 bits per heavy atom. The third kappa shape index (κ3) is 4.74. The summed E-state index contributed by atoms with van der Waals surface area (Å²) in [7, 11) is -3.58. The average molecular weight is 322 g/mol. The molecular weight excluding hydrogens is 308 g/mol. The first-order valence-corrected chi connectivity index (χ1v) is 8.04. The zero-order valence-corrected chi connectivity index (χ0v) is 12.3. The van der Waals surface area contributed by atoms with Crippen molar-refractivity contribution in [1.82, 2.24) is 0 Å². The van der Waals surface area contributed by atoms with E-state index < -0.39 is 14.9 Å². The van der Waals surface area contributed by atoms with Gasteiger partial charge in [0.15, 0.2) is 0 Å². The van der Waals surface area contributed by atoms with Crippen molar-refractivity contribution in [3.8, 4) is 5.75 Å². The number of nitrogens with one attached hydrogen (secondary N) is 1. The Bertz CT molecular complexity index is 730. The number of non-ortho nitro benzene ring substituents is 1. The van der Waals surface area contributed by atoms with E-state index in [0.29, 0.717) is 5.75 Å². The monoisotopic (exact) mass is 322 g/mol. The zero-order valence-electron chi connectivity index (χ0n) is 11.5. The summed E-state index contributed by atoms with van der Waals surface area (Å²) in [4.78, 5) is 9.97. The fraction of sp³-hybridized carbons (Fsp3) is 0.143. The van der Waals surface area contributed by atoms with Crippen LogP contribution in [0.5, 0.6) is 5.75 Å². The Kier molecular flexibility index (Phi) is 4.95. The van der Waals surface area contributed by atoms with Crippen LogP contribution in [0.1, 0.15) is 0 Å². The normalized spacial score (nSPS) is 10.9. The van der Waals surface area contributed by atoms with Gasteiger partial charge in [-0.25, -0.2) is 8.42 Å². The molecule has 22 heavy (non-hydrogen) atoms. The minimum atomic E-state index is -3.58. The molecule has 0 saturated carbocycles. The third-order valence-corrected chi connectivity index (χ3v) is 3.97. The minimum absolute atomic E-state index is 0.00628. The molecule has 2 rings (SSSR count). The SMILES string of the molecule is O=[N+]([O-])c1ccc(NS(=O)(=O)CCOc2ccccc2)cc1. The highest BCUT2D eigenvalue weighted by atomic mass is 32.2. The van der Waals surface area contributed by atoms with E-state index >= 15 is 0 Å². The van der Waals surface area contributed by atoms with Gasteiger partial charge < -0.3 is 4.74 Å². The van der Waals surface area contributed by atoms with E-state index in [9.17, 15) is 18.5 Å². The van der Waals surface area contributed by atoms with Crippen LogP contribution in [0.2, 0.25) is 0 Å². The second kappa shape index (κ2) is 6.90. The van der Waals surface area contributed by atoms with Crippen LogP contribution in [0.4, 0.5) is 11.4 Å². The highest BCUT2D eigenvalue weighted by Gasteiger charge is 2.12. The molecule has 0 fully saturated rings. The van der Waals surface area contributed by atoms with Gasteiger partial charge in [0.2, 0.25) is 10.0 Å². The lowest BCUT2D eigenvalue weighted by atomic mass is 10.3. The summed E-state index contributed by atoms with van der Waals surface area (Å²) in [5, 5.41) is 10.5. The number of hydrogen-bond acceptors (Lipinski definition) is 5. The van der Waals surface area contributed by atoms with Crippen LogP contribution in [0.3, 0.4) is 0 Å². The molecule has 0 aliphatic rings. The van der Waals surface area contributed by atoms with E-state index in [4.69, 9.17) is 4.74 Å². The van der Waals surface area contributed by atoms with Crippen LogP contribution in [0, 0.1) is 10.1 Å². The van der Waals surface area contributed by atoms with Crippen molar-refractivity contribution in [1.29, 1.82) is 0 Å². The molecule has 0 spiro atoms. The molecule has 1 N–H and O–H groups in total. The maximum atomic E-state index is 11.9. The number of hydrogen-bond donors (Lipinski definition) is 1. The van der Waals surface area contributed by atoms with Crippen molar-refractivity contribution in [3.05, 3.63) is 64.7 Å². The Morgan fingerprint density at radius 2 is 1.68 bits per heavy atom. The lowest BCUT2D eigenvalue weighted by Crippen LogP contribution is -2.21. The van der Waals surface area contributed by atoms with Gasteiger partial charge in [0.1, 0.15) is 18.1 Å². The van der Waals surface area contributed by atoms with Crippen molar-refractivity contribution < 1.29 is 18.1 Å². The molecule has 116 valence electrons. The van der Waals surface area contributed by atoms with E-state index in [0.717, 1.165) is 0 Å². The first-order valence-electron chi connectivity index (χ1n) is 6.39. The number of nitro groups is 1. The Morgan fingerprint density at radius 3 is 2.27 bits per heavy atom. The number of sulfonamides is 1. The van der Waals surface area contributed by atoms with Gasteiger partial charge in [0.05, 0.1) is 4.92 Å². The summed E-state index contributed by atoms with van der Waals surface area (Å²) in [6.45, 7) is 0.00628. The molecule has 0 saturated heterocycles. The van der Waals surface area contributed by atoms with Gasteiger partial charge in [-0.3, -0.25) is 14.8 Å². The van der Waals surface area contributed by atoms with Gasteiger partial charge in [0.25, 0.3) is 5.69 Å². The van der Waals surface area contributed by atoms with Crippen LogP contribution < -0.4 is 9.46 Å². The lowest BCUT2D eigenvalue weighted by Gasteiger charge is -2.09. The minimum Gasteiger partial charge on any atom is -0.492 e. The predicted molar refractivity (Wildman–Crippen MR) is 82.4 cm³/mol. The summed E-state index contributed by atoms with van der Waals surface area (Å²) in [5.74, 6) is 0.367. The number of nitro benzene ring substituents is 1. The third-order valence-electron chi connectivity index (χ3n) is 2.72. The lowest BCUT2D eigenvalue weighted by molar-refractivity contribution is -0.384. The molecule has 0 radical (unpaired) electrons. The fourth-order valence-corrected chi connectivity index (χ4v) is 2.57. The summed E-state index contributed by atoms with van der Waals surface area (Å²) < 4.78 is 31.4. The van der Waals surface area contributed by atoms with Crippen LogP contribution >= 0.6 is 0 Å². The molecule has 0 unspecified atom stereocenters. The first-order chi connectivity index (χ1) is 10.5. The van der Waals surface area contributed by atoms with Gasteiger partial charge in [-0.1, -0.05) is 18.2 Å². The van der Waals surface area contributed by atoms with Crippen LogP contribution in [0.15, 0.2) is 54.6 Å². The predicted octanol–water partition coefficient (Wildman–Crippen LogP) is 2.42. The van der Waals surface area contributed by atoms with Crippen molar-refractivity contribution in [2.75, 3.05) is 17.1 Å². The van der Waals surface area contributed by atoms with Crippen molar-refractivity contribution in [2.45, 2.75) is 0 Å². The number of para-hydroxylation sites is 1. The molecule has 7 nitrogen and oxygen atoms in total. The Hall–Kier alpha value is -2.61. The topological polar surface area (TPSA) is 98.5 Å². The van der Waals surface area contributed by atoms with Gasteiger partial charge in [-0.2, -0.15) is 0 Å². The Balaban J connectivity index is 1.89. The van der Waals surface area contributed by atoms with Gasteiger partial charge in [-0.15, -0.1) is 0 Å². The molecule has 2 aromatic rings. The number of rotatable bonds is 7. The van der Waals surface area contributed by atoms with Crippen LogP contribution in [0.25, 0.3) is 0 Å². The van der Waals surface area contributed by atoms with Crippen molar-refractivity contribution in [2.24, 2.45) is 0 Å². The quantitative estimate of drug-likeness (QED) is 0.623. The number of nitrogens with zero attached hydrogens (tertiary/aromatic N) is 1. The molecule has 0 bridgehead atoms. The number of benzene rings is 2. The molecule has 0 heterocycles. The second-order valence-electron chi connectivity index (χ2n) is 4.39. The number of anilines is 1. The fourth-order valence-electron chi connectivity index (χ4n) is 1.67. The molecule has 0 amide bonds. The Labute approximate surface area is 127 Å². The van der Waals surface area contributed by atoms with Crippen molar-refractivity contribution in [3.63, 3.8) is 0 Å². The molecule has 0 atom stereocenters. The summed E-state index contributed by atoms with van der Waals surface area (Å²) in [5.41, 5.74) is 0.167. The smallest absolute Gasteiger partial charge is 0.269 e. The summed E-state index contributed by atoms with van der Waals surface area (Å²) >= 11 is 0. The number of ether oxygens (including phenoxy) is 1. The average Bonchev–Trinajstić information content (AvgIpc) is 2.48. The highest BCUT2D eigenvalue weighted by molar-refractivity contribution is 7.92. The molecule has 0 aliphatic heterocycles. The largest absolute Gasteiger partial charge is 0.492 e. The zero-order chi connectivity index (χ0) is 16.0. The molecular formula is C14H14N2O5S. The second-order valence-corrected chi connectivity index (χ2v) is 6.23. The van der Waals surface area contributed by atoms with Crippen LogP contribution in [-0.4, -0.2) is 25.7 Å². The molecule has 0 aromatic heterocycles. The van der Waals surface area contributed by atoms with Gasteiger partial charge in [0, 0.05) is 17.8 Å². The maximum Gasteiger partial charge on any atom is 0.269 e. The van der Waals surface area contributed by atoms with Crippen molar-refractivity contribution >= 4 is 21.4 Å². The highest BCUT2D eigenvalue weighted by Crippen LogP contribution is 2.16. The van der Waals surface area contributed by atoms with E-state index in [1.54, 1.807) is 24.3 Å². The van der Waals surface area contributed by atoms with E-state index in [1.807, 2.05) is 6.07 Å². The first kappa shape index (κ1) is 15.8. The van der Waals surface area contributed by atoms with Gasteiger partial charge in [-0.05, 0) is 24.3 Å². The van der Waals surface area contributed by atoms with Gasteiger partial charge >= 0.3 is 0 Å². The van der Waals surface area contributed by atoms with Crippen LogP contribution in [-0.2, 0) is 10.0 Å². The molecule has 2 aromatic carbocycles. The molecule has 8 heteroatoms.